The van der Waals surface area contributed by atoms with Gasteiger partial charge < -0.3 is 10.6 Å². The lowest BCUT2D eigenvalue weighted by Gasteiger charge is -2.36. The van der Waals surface area contributed by atoms with Crippen molar-refractivity contribution >= 4 is 5.91 Å². The van der Waals surface area contributed by atoms with Crippen LogP contribution in [0.3, 0.4) is 0 Å². The second-order valence-electron chi connectivity index (χ2n) is 6.63. The lowest BCUT2D eigenvalue weighted by Crippen LogP contribution is -2.51. The normalized spacial score (nSPS) is 22.8. The van der Waals surface area contributed by atoms with Crippen molar-refractivity contribution in [1.29, 1.82) is 0 Å². The van der Waals surface area contributed by atoms with Crippen molar-refractivity contribution in [3.63, 3.8) is 0 Å². The zero-order valence-corrected chi connectivity index (χ0v) is 12.5. The molecule has 0 aromatic rings. The molecule has 1 atom stereocenters. The van der Waals surface area contributed by atoms with E-state index in [4.69, 9.17) is 5.73 Å². The summed E-state index contributed by atoms with van der Waals surface area (Å²) in [4.78, 5) is 17.0. The van der Waals surface area contributed by atoms with Crippen LogP contribution in [0.2, 0.25) is 0 Å². The van der Waals surface area contributed by atoms with Crippen molar-refractivity contribution < 1.29 is 4.79 Å². The molecule has 1 saturated carbocycles. The number of carbonyl (C=O) groups is 1. The molecule has 1 saturated heterocycles. The zero-order valence-electron chi connectivity index (χ0n) is 12.5. The van der Waals surface area contributed by atoms with E-state index in [0.29, 0.717) is 12.5 Å². The van der Waals surface area contributed by atoms with E-state index in [1.54, 1.807) is 0 Å². The minimum Gasteiger partial charge on any atom is -0.340 e. The molecular weight excluding hydrogens is 238 g/mol. The van der Waals surface area contributed by atoms with Crippen LogP contribution in [-0.2, 0) is 4.79 Å². The maximum Gasteiger partial charge on any atom is 0.227 e. The Balaban J connectivity index is 1.76. The van der Waals surface area contributed by atoms with Crippen molar-refractivity contribution in [3.05, 3.63) is 0 Å². The second kappa shape index (κ2) is 6.71. The van der Waals surface area contributed by atoms with E-state index >= 15 is 0 Å². The highest BCUT2D eigenvalue weighted by Gasteiger charge is 2.29. The molecule has 2 N–H and O–H groups in total. The molecule has 1 amide bonds. The summed E-state index contributed by atoms with van der Waals surface area (Å²) >= 11 is 0. The summed E-state index contributed by atoms with van der Waals surface area (Å²) in [7, 11) is 0. The van der Waals surface area contributed by atoms with Gasteiger partial charge in [0.25, 0.3) is 0 Å². The number of hydrogen-bond acceptors (Lipinski definition) is 3. The van der Waals surface area contributed by atoms with E-state index in [1.165, 1.54) is 19.4 Å². The van der Waals surface area contributed by atoms with Crippen LogP contribution in [-0.4, -0.2) is 55.0 Å². The summed E-state index contributed by atoms with van der Waals surface area (Å²) in [5.74, 6) is 1.78. The van der Waals surface area contributed by atoms with Crippen molar-refractivity contribution in [2.75, 3.05) is 39.3 Å². The number of amides is 1. The smallest absolute Gasteiger partial charge is 0.227 e. The molecule has 2 fully saturated rings. The van der Waals surface area contributed by atoms with Gasteiger partial charge in [-0.15, -0.1) is 0 Å². The lowest BCUT2D eigenvalue weighted by molar-refractivity contribution is -0.137. The number of rotatable bonds is 6. The summed E-state index contributed by atoms with van der Waals surface area (Å²) in [5, 5.41) is 0. The van der Waals surface area contributed by atoms with Gasteiger partial charge in [0, 0.05) is 39.3 Å². The van der Waals surface area contributed by atoms with Gasteiger partial charge in [-0.1, -0.05) is 13.8 Å². The lowest BCUT2D eigenvalue weighted by atomic mass is 9.95. The van der Waals surface area contributed by atoms with Gasteiger partial charge in [-0.05, 0) is 31.1 Å². The topological polar surface area (TPSA) is 49.6 Å². The van der Waals surface area contributed by atoms with E-state index in [1.807, 2.05) is 4.90 Å². The number of nitrogens with two attached hydrogens (primary N) is 1. The van der Waals surface area contributed by atoms with Crippen molar-refractivity contribution in [1.82, 2.24) is 9.80 Å². The van der Waals surface area contributed by atoms with Gasteiger partial charge in [0.15, 0.2) is 0 Å². The Bertz CT molecular complexity index is 294. The number of piperazine rings is 1. The van der Waals surface area contributed by atoms with Crippen LogP contribution in [0.25, 0.3) is 0 Å². The third kappa shape index (κ3) is 4.46. The van der Waals surface area contributed by atoms with Crippen molar-refractivity contribution in [2.45, 2.75) is 33.1 Å². The number of carbonyl (C=O) groups excluding carboxylic acids is 1. The summed E-state index contributed by atoms with van der Waals surface area (Å²) in [5.41, 5.74) is 5.77. The SMILES string of the molecule is CC(C)CC(CN)C(=O)N1CCN(CC2CC2)CC1. The highest BCUT2D eigenvalue weighted by Crippen LogP contribution is 2.30. The van der Waals surface area contributed by atoms with Gasteiger partial charge in [0.1, 0.15) is 0 Å². The van der Waals surface area contributed by atoms with E-state index in [9.17, 15) is 4.79 Å². The van der Waals surface area contributed by atoms with Gasteiger partial charge in [-0.25, -0.2) is 0 Å². The average Bonchev–Trinajstić information content (AvgIpc) is 3.20. The van der Waals surface area contributed by atoms with Gasteiger partial charge >= 0.3 is 0 Å². The van der Waals surface area contributed by atoms with Crippen LogP contribution in [0.5, 0.6) is 0 Å². The third-order valence-corrected chi connectivity index (χ3v) is 4.29. The molecule has 1 aliphatic heterocycles. The molecule has 110 valence electrons. The van der Waals surface area contributed by atoms with Crippen LogP contribution in [0.4, 0.5) is 0 Å². The fraction of sp³-hybridized carbons (Fsp3) is 0.933. The molecule has 1 aliphatic carbocycles. The second-order valence-corrected chi connectivity index (χ2v) is 6.63. The molecule has 0 aromatic heterocycles. The fourth-order valence-corrected chi connectivity index (χ4v) is 2.94. The molecule has 2 aliphatic rings. The van der Waals surface area contributed by atoms with Crippen LogP contribution in [0.1, 0.15) is 33.1 Å². The van der Waals surface area contributed by atoms with Crippen LogP contribution in [0.15, 0.2) is 0 Å². The molecule has 2 rings (SSSR count). The zero-order chi connectivity index (χ0) is 13.8. The molecule has 1 unspecified atom stereocenters. The molecular formula is C15H29N3O. The highest BCUT2D eigenvalue weighted by molar-refractivity contribution is 5.79. The Kier molecular flexibility index (Phi) is 5.22. The van der Waals surface area contributed by atoms with E-state index < -0.39 is 0 Å². The third-order valence-electron chi connectivity index (χ3n) is 4.29. The molecule has 4 nitrogen and oxygen atoms in total. The Hall–Kier alpha value is -0.610. The number of hydrogen-bond donors (Lipinski definition) is 1. The Labute approximate surface area is 117 Å². The molecule has 1 heterocycles. The largest absolute Gasteiger partial charge is 0.340 e. The van der Waals surface area contributed by atoms with Crippen LogP contribution in [0, 0.1) is 17.8 Å². The van der Waals surface area contributed by atoms with Crippen LogP contribution < -0.4 is 5.73 Å². The minimum absolute atomic E-state index is 0.0231. The van der Waals surface area contributed by atoms with E-state index in [-0.39, 0.29) is 11.8 Å². The highest BCUT2D eigenvalue weighted by atomic mass is 16.2. The van der Waals surface area contributed by atoms with E-state index in [0.717, 1.165) is 38.5 Å². The predicted molar refractivity (Wildman–Crippen MR) is 77.7 cm³/mol. The summed E-state index contributed by atoms with van der Waals surface area (Å²) < 4.78 is 0. The van der Waals surface area contributed by atoms with Gasteiger partial charge in [-0.3, -0.25) is 9.69 Å². The fourth-order valence-electron chi connectivity index (χ4n) is 2.94. The Morgan fingerprint density at radius 1 is 1.21 bits per heavy atom. The van der Waals surface area contributed by atoms with Gasteiger partial charge in [0.2, 0.25) is 5.91 Å². The van der Waals surface area contributed by atoms with Crippen molar-refractivity contribution in [3.8, 4) is 0 Å². The summed E-state index contributed by atoms with van der Waals surface area (Å²) in [6, 6.07) is 0. The first kappa shape index (κ1) is 14.8. The van der Waals surface area contributed by atoms with Gasteiger partial charge in [0.05, 0.1) is 5.92 Å². The Morgan fingerprint density at radius 2 is 1.84 bits per heavy atom. The van der Waals surface area contributed by atoms with Crippen LogP contribution >= 0.6 is 0 Å². The quantitative estimate of drug-likeness (QED) is 0.786. The molecule has 0 bridgehead atoms. The standard InChI is InChI=1S/C15H29N3O/c1-12(2)9-14(10-16)15(19)18-7-5-17(6-8-18)11-13-3-4-13/h12-14H,3-11,16H2,1-2H3. The van der Waals surface area contributed by atoms with Gasteiger partial charge in [-0.2, -0.15) is 0 Å². The first-order valence-corrected chi connectivity index (χ1v) is 7.81. The maximum atomic E-state index is 12.4. The monoisotopic (exact) mass is 267 g/mol. The summed E-state index contributed by atoms with van der Waals surface area (Å²) in [6.07, 6.45) is 3.73. The molecule has 4 heteroatoms. The predicted octanol–water partition coefficient (Wildman–Crippen LogP) is 1.16. The van der Waals surface area contributed by atoms with E-state index in [2.05, 4.69) is 18.7 Å². The first-order valence-electron chi connectivity index (χ1n) is 7.81. The molecule has 0 spiro atoms. The first-order chi connectivity index (χ1) is 9.10. The number of nitrogens with zero attached hydrogens (tertiary/aromatic N) is 2. The molecule has 0 radical (unpaired) electrons. The molecule has 19 heavy (non-hydrogen) atoms. The van der Waals surface area contributed by atoms with Crippen molar-refractivity contribution in [2.24, 2.45) is 23.5 Å². The minimum atomic E-state index is 0.0231. The maximum absolute atomic E-state index is 12.4. The Morgan fingerprint density at radius 3 is 2.32 bits per heavy atom. The molecule has 0 aromatic carbocycles. The average molecular weight is 267 g/mol. The summed E-state index contributed by atoms with van der Waals surface area (Å²) in [6.45, 7) is 9.91.